The summed E-state index contributed by atoms with van der Waals surface area (Å²) in [5.41, 5.74) is 1.14. The van der Waals surface area contributed by atoms with E-state index in [4.69, 9.17) is 0 Å². The van der Waals surface area contributed by atoms with Gasteiger partial charge in [0.1, 0.15) is 0 Å². The average Bonchev–Trinajstić information content (AvgIpc) is 2.68. The molecule has 5 nitrogen and oxygen atoms in total. The highest BCUT2D eigenvalue weighted by Crippen LogP contribution is 2.33. The monoisotopic (exact) mass is 362 g/mol. The summed E-state index contributed by atoms with van der Waals surface area (Å²) < 4.78 is 27.4. The first kappa shape index (κ1) is 18.1. The first-order chi connectivity index (χ1) is 12.0. The van der Waals surface area contributed by atoms with Crippen LogP contribution in [-0.4, -0.2) is 49.7 Å². The van der Waals surface area contributed by atoms with Crippen molar-refractivity contribution in [1.82, 2.24) is 9.21 Å². The summed E-state index contributed by atoms with van der Waals surface area (Å²) in [7, 11) is -3.51. The maximum atomic E-state index is 13.0. The molecule has 25 heavy (non-hydrogen) atoms. The molecule has 1 saturated carbocycles. The molecule has 0 N–H and O–H groups in total. The molecule has 1 heterocycles. The van der Waals surface area contributed by atoms with Crippen molar-refractivity contribution in [3.63, 3.8) is 0 Å². The van der Waals surface area contributed by atoms with Gasteiger partial charge in [-0.05, 0) is 42.5 Å². The maximum Gasteiger partial charge on any atom is 0.246 e. The summed E-state index contributed by atoms with van der Waals surface area (Å²) >= 11 is 0. The molecular formula is C19H26N2O3S. The smallest absolute Gasteiger partial charge is 0.246 e. The molecule has 1 saturated heterocycles. The molecule has 6 heteroatoms. The van der Waals surface area contributed by atoms with Crippen molar-refractivity contribution in [2.75, 3.05) is 26.2 Å². The fourth-order valence-electron chi connectivity index (χ4n) is 3.79. The number of rotatable bonds is 4. The van der Waals surface area contributed by atoms with Gasteiger partial charge < -0.3 is 4.90 Å². The molecule has 1 aliphatic heterocycles. The zero-order chi connectivity index (χ0) is 17.9. The lowest BCUT2D eigenvalue weighted by atomic mass is 9.84. The van der Waals surface area contributed by atoms with Gasteiger partial charge in [0.25, 0.3) is 0 Å². The molecular weight excluding hydrogens is 336 g/mol. The molecule has 2 aliphatic rings. The van der Waals surface area contributed by atoms with E-state index in [1.165, 1.54) is 29.6 Å². The zero-order valence-electron chi connectivity index (χ0n) is 14.6. The summed E-state index contributed by atoms with van der Waals surface area (Å²) in [6.45, 7) is 4.96. The molecule has 0 unspecified atom stereocenters. The molecule has 1 aliphatic carbocycles. The Morgan fingerprint density at radius 3 is 2.40 bits per heavy atom. The Labute approximate surface area is 150 Å². The van der Waals surface area contributed by atoms with Gasteiger partial charge in [-0.1, -0.05) is 38.0 Å². The molecule has 1 aromatic rings. The quantitative estimate of drug-likeness (QED) is 0.774. The summed E-state index contributed by atoms with van der Waals surface area (Å²) in [5, 5.41) is 0. The second kappa shape index (κ2) is 7.70. The van der Waals surface area contributed by atoms with Crippen LogP contribution in [0, 0.1) is 0 Å². The zero-order valence-corrected chi connectivity index (χ0v) is 15.4. The fourth-order valence-corrected chi connectivity index (χ4v) is 5.27. The van der Waals surface area contributed by atoms with E-state index in [2.05, 4.69) is 12.6 Å². The fraction of sp³-hybridized carbons (Fsp3) is 0.526. The molecule has 1 amide bonds. The molecule has 0 spiro atoms. The Balaban J connectivity index is 1.74. The van der Waals surface area contributed by atoms with Crippen LogP contribution in [0.15, 0.2) is 41.8 Å². The summed E-state index contributed by atoms with van der Waals surface area (Å²) in [5.74, 6) is 0.335. The number of nitrogens with zero attached hydrogens (tertiary/aromatic N) is 2. The minimum absolute atomic E-state index is 0.142. The van der Waals surface area contributed by atoms with Crippen molar-refractivity contribution < 1.29 is 13.2 Å². The molecule has 2 fully saturated rings. The van der Waals surface area contributed by atoms with Crippen molar-refractivity contribution in [2.24, 2.45) is 0 Å². The summed E-state index contributed by atoms with van der Waals surface area (Å²) in [4.78, 5) is 13.7. The van der Waals surface area contributed by atoms with Crippen molar-refractivity contribution in [2.45, 2.75) is 42.9 Å². The Morgan fingerprint density at radius 2 is 1.76 bits per heavy atom. The molecule has 1 aromatic carbocycles. The minimum atomic E-state index is -3.51. The van der Waals surface area contributed by atoms with Gasteiger partial charge in [0.2, 0.25) is 15.9 Å². The normalized spacial score (nSPS) is 20.4. The van der Waals surface area contributed by atoms with Crippen LogP contribution < -0.4 is 0 Å². The number of carbonyl (C=O) groups excluding carboxylic acids is 1. The molecule has 136 valence electrons. The highest BCUT2D eigenvalue weighted by Gasteiger charge is 2.30. The van der Waals surface area contributed by atoms with Crippen LogP contribution >= 0.6 is 0 Å². The molecule has 0 bridgehead atoms. The van der Waals surface area contributed by atoms with Gasteiger partial charge in [-0.15, -0.1) is 0 Å². The van der Waals surface area contributed by atoms with Crippen LogP contribution in [0.5, 0.6) is 0 Å². The third-order valence-corrected chi connectivity index (χ3v) is 7.19. The Morgan fingerprint density at radius 1 is 1.08 bits per heavy atom. The van der Waals surface area contributed by atoms with Crippen molar-refractivity contribution in [1.29, 1.82) is 0 Å². The van der Waals surface area contributed by atoms with E-state index < -0.39 is 10.0 Å². The van der Waals surface area contributed by atoms with Crippen LogP contribution in [0.25, 0.3) is 0 Å². The third kappa shape index (κ3) is 3.96. The molecule has 0 atom stereocenters. The maximum absolute atomic E-state index is 13.0. The lowest BCUT2D eigenvalue weighted by Crippen LogP contribution is -2.50. The van der Waals surface area contributed by atoms with Gasteiger partial charge in [0, 0.05) is 26.2 Å². The van der Waals surface area contributed by atoms with Gasteiger partial charge in [0.15, 0.2) is 0 Å². The third-order valence-electron chi connectivity index (χ3n) is 5.30. The number of hydrogen-bond acceptors (Lipinski definition) is 3. The number of benzene rings is 1. The van der Waals surface area contributed by atoms with Gasteiger partial charge in [-0.3, -0.25) is 4.79 Å². The lowest BCUT2D eigenvalue weighted by Gasteiger charge is -2.33. The number of sulfonamides is 1. The van der Waals surface area contributed by atoms with E-state index in [1.54, 1.807) is 11.0 Å². The largest absolute Gasteiger partial charge is 0.337 e. The number of amides is 1. The predicted molar refractivity (Wildman–Crippen MR) is 97.8 cm³/mol. The lowest BCUT2D eigenvalue weighted by molar-refractivity contribution is -0.127. The highest BCUT2D eigenvalue weighted by molar-refractivity contribution is 7.89. The topological polar surface area (TPSA) is 57.7 Å². The van der Waals surface area contributed by atoms with E-state index in [9.17, 15) is 13.2 Å². The van der Waals surface area contributed by atoms with Crippen LogP contribution in [0.4, 0.5) is 0 Å². The van der Waals surface area contributed by atoms with Crippen LogP contribution in [-0.2, 0) is 14.8 Å². The Kier molecular flexibility index (Phi) is 5.59. The summed E-state index contributed by atoms with van der Waals surface area (Å²) in [6.07, 6.45) is 7.29. The van der Waals surface area contributed by atoms with Crippen LogP contribution in [0.1, 0.15) is 43.6 Å². The van der Waals surface area contributed by atoms with E-state index >= 15 is 0 Å². The van der Waals surface area contributed by atoms with E-state index in [1.807, 2.05) is 12.1 Å². The molecule has 3 rings (SSSR count). The number of carbonyl (C=O) groups is 1. The van der Waals surface area contributed by atoms with Crippen molar-refractivity contribution in [3.8, 4) is 0 Å². The van der Waals surface area contributed by atoms with E-state index in [-0.39, 0.29) is 5.91 Å². The van der Waals surface area contributed by atoms with E-state index in [0.29, 0.717) is 37.0 Å². The second-order valence-corrected chi connectivity index (χ2v) is 8.78. The van der Waals surface area contributed by atoms with Gasteiger partial charge in [-0.25, -0.2) is 8.42 Å². The van der Waals surface area contributed by atoms with Crippen LogP contribution in [0.3, 0.4) is 0 Å². The SMILES string of the molecule is C=CC(=O)N1CCN(S(=O)(=O)c2cccc(C3CCCCC3)c2)CC1. The molecule has 0 aromatic heterocycles. The standard InChI is InChI=1S/C19H26N2O3S/c1-2-19(22)20-11-13-21(14-12-20)25(23,24)18-10-6-9-17(15-18)16-7-4-3-5-8-16/h2,6,9-10,15-16H,1,3-5,7-8,11-14H2. The first-order valence-electron chi connectivity index (χ1n) is 9.04. The first-order valence-corrected chi connectivity index (χ1v) is 10.5. The Hall–Kier alpha value is -1.66. The van der Waals surface area contributed by atoms with Crippen LogP contribution in [0.2, 0.25) is 0 Å². The highest BCUT2D eigenvalue weighted by atomic mass is 32.2. The van der Waals surface area contributed by atoms with Crippen molar-refractivity contribution in [3.05, 3.63) is 42.5 Å². The van der Waals surface area contributed by atoms with Gasteiger partial charge >= 0.3 is 0 Å². The minimum Gasteiger partial charge on any atom is -0.337 e. The van der Waals surface area contributed by atoms with E-state index in [0.717, 1.165) is 18.4 Å². The number of piperazine rings is 1. The second-order valence-electron chi connectivity index (χ2n) is 6.84. The number of hydrogen-bond donors (Lipinski definition) is 0. The van der Waals surface area contributed by atoms with Crippen molar-refractivity contribution >= 4 is 15.9 Å². The van der Waals surface area contributed by atoms with Gasteiger partial charge in [-0.2, -0.15) is 4.31 Å². The predicted octanol–water partition coefficient (Wildman–Crippen LogP) is 2.75. The molecule has 0 radical (unpaired) electrons. The Bertz CT molecular complexity index is 731. The average molecular weight is 362 g/mol. The van der Waals surface area contributed by atoms with Gasteiger partial charge in [0.05, 0.1) is 4.90 Å². The summed E-state index contributed by atoms with van der Waals surface area (Å²) in [6, 6.07) is 7.44.